The number of hydrogen-bond donors (Lipinski definition) is 0. The van der Waals surface area contributed by atoms with Gasteiger partial charge >= 0.3 is 0 Å². The van der Waals surface area contributed by atoms with E-state index in [9.17, 15) is 9.18 Å². The van der Waals surface area contributed by atoms with E-state index in [1.54, 1.807) is 24.3 Å². The Hall–Kier alpha value is -1.64. The molecule has 0 fully saturated rings. The van der Waals surface area contributed by atoms with Crippen LogP contribution in [-0.4, -0.2) is 23.9 Å². The van der Waals surface area contributed by atoms with Crippen molar-refractivity contribution >= 4 is 12.0 Å². The van der Waals surface area contributed by atoms with Gasteiger partial charge in [-0.05, 0) is 36.6 Å². The van der Waals surface area contributed by atoms with Gasteiger partial charge in [0, 0.05) is 19.2 Å². The van der Waals surface area contributed by atoms with Crippen LogP contribution in [0.5, 0.6) is 0 Å². The molecule has 0 unspecified atom stereocenters. The van der Waals surface area contributed by atoms with E-state index in [0.717, 1.165) is 44.3 Å². The van der Waals surface area contributed by atoms with Crippen LogP contribution in [-0.2, 0) is 4.79 Å². The molecule has 0 heterocycles. The second kappa shape index (κ2) is 9.29. The predicted molar refractivity (Wildman–Crippen MR) is 81.8 cm³/mol. The molecule has 1 aromatic rings. The first kappa shape index (κ1) is 16.4. The van der Waals surface area contributed by atoms with Gasteiger partial charge in [0.25, 0.3) is 0 Å². The summed E-state index contributed by atoms with van der Waals surface area (Å²) in [5.74, 6) is -0.225. The van der Waals surface area contributed by atoms with Gasteiger partial charge in [0.2, 0.25) is 5.91 Å². The van der Waals surface area contributed by atoms with Crippen LogP contribution in [0.3, 0.4) is 0 Å². The summed E-state index contributed by atoms with van der Waals surface area (Å²) in [7, 11) is 0. The maximum absolute atomic E-state index is 12.8. The summed E-state index contributed by atoms with van der Waals surface area (Å²) in [5, 5.41) is 0. The first-order chi connectivity index (χ1) is 9.67. The van der Waals surface area contributed by atoms with Crippen molar-refractivity contribution in [3.05, 3.63) is 41.7 Å². The van der Waals surface area contributed by atoms with Crippen molar-refractivity contribution < 1.29 is 9.18 Å². The number of halogens is 1. The summed E-state index contributed by atoms with van der Waals surface area (Å²) < 4.78 is 12.8. The fraction of sp³-hybridized carbons (Fsp3) is 0.471. The third kappa shape index (κ3) is 6.00. The van der Waals surface area contributed by atoms with Gasteiger partial charge < -0.3 is 4.90 Å². The molecule has 0 spiro atoms. The zero-order chi connectivity index (χ0) is 14.8. The number of unbranched alkanes of at least 4 members (excludes halogenated alkanes) is 2. The molecule has 110 valence electrons. The summed E-state index contributed by atoms with van der Waals surface area (Å²) in [5.41, 5.74) is 0.839. The lowest BCUT2D eigenvalue weighted by atomic mass is 10.2. The van der Waals surface area contributed by atoms with E-state index in [0.29, 0.717) is 0 Å². The first-order valence-electron chi connectivity index (χ1n) is 7.40. The number of amides is 1. The molecule has 0 bridgehead atoms. The molecule has 0 saturated carbocycles. The maximum Gasteiger partial charge on any atom is 0.246 e. The SMILES string of the molecule is CCCCN(CCCC)C(=O)/C=C/c1ccc(F)cc1. The Morgan fingerprint density at radius 1 is 1.10 bits per heavy atom. The molecule has 0 N–H and O–H groups in total. The lowest BCUT2D eigenvalue weighted by Crippen LogP contribution is -2.31. The van der Waals surface area contributed by atoms with Crippen molar-refractivity contribution in [3.63, 3.8) is 0 Å². The molecule has 1 rings (SSSR count). The van der Waals surface area contributed by atoms with Gasteiger partial charge in [-0.15, -0.1) is 0 Å². The van der Waals surface area contributed by atoms with E-state index in [4.69, 9.17) is 0 Å². The van der Waals surface area contributed by atoms with Crippen molar-refractivity contribution in [3.8, 4) is 0 Å². The summed E-state index contributed by atoms with van der Waals surface area (Å²) in [4.78, 5) is 14.1. The van der Waals surface area contributed by atoms with Gasteiger partial charge in [-0.2, -0.15) is 0 Å². The monoisotopic (exact) mass is 277 g/mol. The normalized spacial score (nSPS) is 10.9. The maximum atomic E-state index is 12.8. The first-order valence-corrected chi connectivity index (χ1v) is 7.40. The highest BCUT2D eigenvalue weighted by molar-refractivity contribution is 5.91. The summed E-state index contributed by atoms with van der Waals surface area (Å²) in [6.07, 6.45) is 7.54. The summed E-state index contributed by atoms with van der Waals surface area (Å²) in [6.45, 7) is 5.86. The van der Waals surface area contributed by atoms with E-state index in [1.807, 2.05) is 4.90 Å². The molecule has 1 aromatic carbocycles. The van der Waals surface area contributed by atoms with Gasteiger partial charge in [0.1, 0.15) is 5.82 Å². The lowest BCUT2D eigenvalue weighted by molar-refractivity contribution is -0.126. The van der Waals surface area contributed by atoms with Crippen molar-refractivity contribution in [2.45, 2.75) is 39.5 Å². The van der Waals surface area contributed by atoms with Crippen molar-refractivity contribution in [2.75, 3.05) is 13.1 Å². The molecule has 0 aliphatic rings. The van der Waals surface area contributed by atoms with E-state index >= 15 is 0 Å². The highest BCUT2D eigenvalue weighted by atomic mass is 19.1. The number of nitrogens with zero attached hydrogens (tertiary/aromatic N) is 1. The summed E-state index contributed by atoms with van der Waals surface area (Å²) in [6, 6.07) is 6.13. The summed E-state index contributed by atoms with van der Waals surface area (Å²) >= 11 is 0. The minimum Gasteiger partial charge on any atom is -0.339 e. The van der Waals surface area contributed by atoms with Crippen LogP contribution in [0.15, 0.2) is 30.3 Å². The zero-order valence-electron chi connectivity index (χ0n) is 12.4. The Bertz CT molecular complexity index is 417. The zero-order valence-corrected chi connectivity index (χ0v) is 12.4. The molecule has 0 aromatic heterocycles. The fourth-order valence-electron chi connectivity index (χ4n) is 1.88. The van der Waals surface area contributed by atoms with Gasteiger partial charge in [0.15, 0.2) is 0 Å². The molecule has 2 nitrogen and oxygen atoms in total. The predicted octanol–water partition coefficient (Wildman–Crippen LogP) is 4.27. The lowest BCUT2D eigenvalue weighted by Gasteiger charge is -2.20. The van der Waals surface area contributed by atoms with Gasteiger partial charge in [-0.25, -0.2) is 4.39 Å². The van der Waals surface area contributed by atoms with E-state index in [1.165, 1.54) is 12.1 Å². The molecule has 0 atom stereocenters. The molecule has 0 radical (unpaired) electrons. The number of benzene rings is 1. The average molecular weight is 277 g/mol. The molecule has 0 aliphatic heterocycles. The van der Waals surface area contributed by atoms with Gasteiger partial charge in [-0.3, -0.25) is 4.79 Å². The molecule has 1 amide bonds. The average Bonchev–Trinajstić information content (AvgIpc) is 2.46. The Morgan fingerprint density at radius 3 is 2.15 bits per heavy atom. The van der Waals surface area contributed by atoms with E-state index in [2.05, 4.69) is 13.8 Å². The number of rotatable bonds is 8. The minimum atomic E-state index is -0.263. The Labute approximate surface area is 121 Å². The smallest absolute Gasteiger partial charge is 0.246 e. The second-order valence-electron chi connectivity index (χ2n) is 4.92. The van der Waals surface area contributed by atoms with Crippen LogP contribution in [0.4, 0.5) is 4.39 Å². The molecular weight excluding hydrogens is 253 g/mol. The molecular formula is C17H24FNO. The van der Waals surface area contributed by atoms with E-state index < -0.39 is 0 Å². The van der Waals surface area contributed by atoms with Crippen LogP contribution in [0.25, 0.3) is 6.08 Å². The van der Waals surface area contributed by atoms with E-state index in [-0.39, 0.29) is 11.7 Å². The molecule has 3 heteroatoms. The Balaban J connectivity index is 2.61. The fourth-order valence-corrected chi connectivity index (χ4v) is 1.88. The molecule has 0 aliphatic carbocycles. The topological polar surface area (TPSA) is 20.3 Å². The van der Waals surface area contributed by atoms with Crippen LogP contribution in [0.1, 0.15) is 45.1 Å². The number of hydrogen-bond acceptors (Lipinski definition) is 1. The minimum absolute atomic E-state index is 0.0382. The third-order valence-corrected chi connectivity index (χ3v) is 3.16. The van der Waals surface area contributed by atoms with Crippen molar-refractivity contribution in [1.82, 2.24) is 4.90 Å². The number of carbonyl (C=O) groups excluding carboxylic acids is 1. The number of carbonyl (C=O) groups is 1. The van der Waals surface area contributed by atoms with Crippen LogP contribution in [0.2, 0.25) is 0 Å². The Morgan fingerprint density at radius 2 is 1.65 bits per heavy atom. The van der Waals surface area contributed by atoms with Crippen molar-refractivity contribution in [1.29, 1.82) is 0 Å². The van der Waals surface area contributed by atoms with Gasteiger partial charge in [0.05, 0.1) is 0 Å². The van der Waals surface area contributed by atoms with Gasteiger partial charge in [-0.1, -0.05) is 38.8 Å². The second-order valence-corrected chi connectivity index (χ2v) is 4.92. The molecule has 0 saturated heterocycles. The van der Waals surface area contributed by atoms with Crippen LogP contribution < -0.4 is 0 Å². The quantitative estimate of drug-likeness (QED) is 0.650. The van der Waals surface area contributed by atoms with Crippen LogP contribution >= 0.6 is 0 Å². The standard InChI is InChI=1S/C17H24FNO/c1-3-5-13-19(14-6-4-2)17(20)12-9-15-7-10-16(18)11-8-15/h7-12H,3-6,13-14H2,1-2H3/b12-9+. The highest BCUT2D eigenvalue weighted by Gasteiger charge is 2.08. The third-order valence-electron chi connectivity index (χ3n) is 3.16. The Kier molecular flexibility index (Phi) is 7.63. The van der Waals surface area contributed by atoms with Crippen molar-refractivity contribution in [2.24, 2.45) is 0 Å². The molecule has 20 heavy (non-hydrogen) atoms. The highest BCUT2D eigenvalue weighted by Crippen LogP contribution is 2.06. The van der Waals surface area contributed by atoms with Crippen LogP contribution in [0, 0.1) is 5.82 Å². The largest absolute Gasteiger partial charge is 0.339 e.